The molecule has 0 aliphatic heterocycles. The van der Waals surface area contributed by atoms with E-state index in [2.05, 4.69) is 6.07 Å². The number of aryl methyl sites for hydroxylation is 2. The van der Waals surface area contributed by atoms with Crippen molar-refractivity contribution in [3.63, 3.8) is 0 Å². The van der Waals surface area contributed by atoms with Crippen LogP contribution in [0.1, 0.15) is 40.2 Å². The first-order valence-electron chi connectivity index (χ1n) is 10.9. The minimum Gasteiger partial charge on any atom is -0.467 e. The van der Waals surface area contributed by atoms with Gasteiger partial charge in [0.2, 0.25) is 0 Å². The number of rotatable bonds is 5. The summed E-state index contributed by atoms with van der Waals surface area (Å²) in [5, 5.41) is 11.2. The van der Waals surface area contributed by atoms with Gasteiger partial charge >= 0.3 is 0 Å². The van der Waals surface area contributed by atoms with E-state index in [1.807, 2.05) is 47.1 Å². The van der Waals surface area contributed by atoms with Crippen molar-refractivity contribution in [3.8, 4) is 6.07 Å². The SMILES string of the molecule is N#Cc1c(CSc2nc3sc4c(c3c(=O)n2Cc2ccco2)CCCC4)cn2ccccc12. The number of thioether (sulfide) groups is 1. The Bertz CT molecular complexity index is 1580. The Labute approximate surface area is 198 Å². The molecule has 0 unspecified atom stereocenters. The molecule has 8 heteroatoms. The number of hydrogen-bond donors (Lipinski definition) is 0. The molecule has 0 N–H and O–H groups in total. The predicted octanol–water partition coefficient (Wildman–Crippen LogP) is 5.39. The monoisotopic (exact) mass is 472 g/mol. The largest absolute Gasteiger partial charge is 0.467 e. The quantitative estimate of drug-likeness (QED) is 0.253. The van der Waals surface area contributed by atoms with Gasteiger partial charge in [-0.05, 0) is 61.1 Å². The molecule has 6 rings (SSSR count). The molecular formula is C25H20N4O2S2. The first-order chi connectivity index (χ1) is 16.2. The van der Waals surface area contributed by atoms with E-state index in [4.69, 9.17) is 9.40 Å². The summed E-state index contributed by atoms with van der Waals surface area (Å²) in [7, 11) is 0. The molecule has 1 aliphatic carbocycles. The second kappa shape index (κ2) is 8.25. The molecule has 5 aromatic heterocycles. The normalized spacial score (nSPS) is 13.4. The molecule has 5 heterocycles. The van der Waals surface area contributed by atoms with Crippen molar-refractivity contribution in [1.82, 2.24) is 14.0 Å². The van der Waals surface area contributed by atoms with Crippen molar-refractivity contribution in [1.29, 1.82) is 5.26 Å². The maximum absolute atomic E-state index is 13.7. The zero-order valence-corrected chi connectivity index (χ0v) is 19.4. The van der Waals surface area contributed by atoms with E-state index in [0.717, 1.165) is 46.3 Å². The van der Waals surface area contributed by atoms with Gasteiger partial charge in [-0.3, -0.25) is 9.36 Å². The maximum atomic E-state index is 13.7. The van der Waals surface area contributed by atoms with E-state index in [9.17, 15) is 10.1 Å². The van der Waals surface area contributed by atoms with Crippen LogP contribution in [-0.4, -0.2) is 14.0 Å². The topological polar surface area (TPSA) is 76.2 Å². The van der Waals surface area contributed by atoms with Crippen molar-refractivity contribution in [3.05, 3.63) is 86.7 Å². The Morgan fingerprint density at radius 1 is 1.21 bits per heavy atom. The number of nitriles is 1. The lowest BCUT2D eigenvalue weighted by atomic mass is 9.97. The number of fused-ring (bicyclic) bond motifs is 4. The van der Waals surface area contributed by atoms with Gasteiger partial charge in [-0.15, -0.1) is 11.3 Å². The number of thiophene rings is 1. The molecule has 0 atom stereocenters. The molecule has 5 aromatic rings. The van der Waals surface area contributed by atoms with E-state index in [1.165, 1.54) is 28.6 Å². The average Bonchev–Trinajstić information content (AvgIpc) is 3.56. The van der Waals surface area contributed by atoms with E-state index in [0.29, 0.717) is 23.0 Å². The van der Waals surface area contributed by atoms with Gasteiger partial charge in [-0.1, -0.05) is 17.8 Å². The third-order valence-electron chi connectivity index (χ3n) is 6.16. The zero-order chi connectivity index (χ0) is 22.4. The fourth-order valence-corrected chi connectivity index (χ4v) is 6.86. The highest BCUT2D eigenvalue weighted by molar-refractivity contribution is 7.98. The fraction of sp³-hybridized carbons (Fsp3) is 0.240. The van der Waals surface area contributed by atoms with E-state index in [1.54, 1.807) is 22.2 Å². The van der Waals surface area contributed by atoms with Gasteiger partial charge in [0.1, 0.15) is 16.7 Å². The summed E-state index contributed by atoms with van der Waals surface area (Å²) in [5.74, 6) is 1.27. The summed E-state index contributed by atoms with van der Waals surface area (Å²) >= 11 is 3.15. The molecule has 0 bridgehead atoms. The van der Waals surface area contributed by atoms with Gasteiger partial charge in [0.05, 0.1) is 29.3 Å². The van der Waals surface area contributed by atoms with E-state index >= 15 is 0 Å². The van der Waals surface area contributed by atoms with Crippen LogP contribution in [0.15, 0.2) is 63.4 Å². The second-order valence-corrected chi connectivity index (χ2v) is 10.2. The van der Waals surface area contributed by atoms with Crippen molar-refractivity contribution in [2.75, 3.05) is 0 Å². The lowest BCUT2D eigenvalue weighted by molar-refractivity contribution is 0.476. The van der Waals surface area contributed by atoms with Crippen LogP contribution in [0.5, 0.6) is 0 Å². The molecule has 0 amide bonds. The van der Waals surface area contributed by atoms with Crippen LogP contribution in [0.4, 0.5) is 0 Å². The predicted molar refractivity (Wildman–Crippen MR) is 130 cm³/mol. The lowest BCUT2D eigenvalue weighted by Crippen LogP contribution is -2.24. The first-order valence-corrected chi connectivity index (χ1v) is 12.7. The average molecular weight is 473 g/mol. The summed E-state index contributed by atoms with van der Waals surface area (Å²) in [4.78, 5) is 20.8. The highest BCUT2D eigenvalue weighted by Crippen LogP contribution is 2.35. The molecule has 1 aliphatic rings. The number of hydrogen-bond acceptors (Lipinski definition) is 6. The Morgan fingerprint density at radius 3 is 2.97 bits per heavy atom. The number of pyridine rings is 1. The molecule has 0 saturated carbocycles. The fourth-order valence-electron chi connectivity index (χ4n) is 4.59. The van der Waals surface area contributed by atoms with Gasteiger partial charge in [0.25, 0.3) is 5.56 Å². The third-order valence-corrected chi connectivity index (χ3v) is 8.38. The summed E-state index contributed by atoms with van der Waals surface area (Å²) in [5.41, 5.74) is 3.67. The van der Waals surface area contributed by atoms with Crippen LogP contribution in [0, 0.1) is 11.3 Å². The first kappa shape index (κ1) is 20.3. The minimum atomic E-state index is 0.000786. The summed E-state index contributed by atoms with van der Waals surface area (Å²) in [6.45, 7) is 0.338. The van der Waals surface area contributed by atoms with E-state index < -0.39 is 0 Å². The zero-order valence-electron chi connectivity index (χ0n) is 17.8. The second-order valence-electron chi connectivity index (χ2n) is 8.18. The van der Waals surface area contributed by atoms with E-state index in [-0.39, 0.29) is 5.56 Å². The van der Waals surface area contributed by atoms with Gasteiger partial charge < -0.3 is 8.82 Å². The van der Waals surface area contributed by atoms with Crippen molar-refractivity contribution in [2.24, 2.45) is 0 Å². The number of nitrogens with zero attached hydrogens (tertiary/aromatic N) is 4. The van der Waals surface area contributed by atoms with Crippen LogP contribution < -0.4 is 5.56 Å². The van der Waals surface area contributed by atoms with Gasteiger partial charge in [-0.25, -0.2) is 4.98 Å². The minimum absolute atomic E-state index is 0.000786. The standard InChI is InChI=1S/C25H20N4O2S2/c26-12-19-16(13-28-10-4-3-8-20(19)28)15-32-25-27-23-22(18-7-1-2-9-21(18)33-23)24(30)29(25)14-17-6-5-11-31-17/h3-6,8,10-11,13H,1-2,7,9,14-15H2. The van der Waals surface area contributed by atoms with Gasteiger partial charge in [-0.2, -0.15) is 5.26 Å². The van der Waals surface area contributed by atoms with Crippen LogP contribution in [0.3, 0.4) is 0 Å². The Hall–Kier alpha value is -3.28. The molecule has 0 fully saturated rings. The summed E-state index contributed by atoms with van der Waals surface area (Å²) < 4.78 is 9.25. The molecule has 6 nitrogen and oxygen atoms in total. The lowest BCUT2D eigenvalue weighted by Gasteiger charge is -2.12. The highest BCUT2D eigenvalue weighted by atomic mass is 32.2. The van der Waals surface area contributed by atoms with Crippen LogP contribution in [0.2, 0.25) is 0 Å². The third kappa shape index (κ3) is 3.48. The highest BCUT2D eigenvalue weighted by Gasteiger charge is 2.23. The molecular weight excluding hydrogens is 452 g/mol. The molecule has 164 valence electrons. The van der Waals surface area contributed by atoms with Gasteiger partial charge in [0.15, 0.2) is 5.16 Å². The summed E-state index contributed by atoms with van der Waals surface area (Å²) in [6, 6.07) is 11.9. The molecule has 33 heavy (non-hydrogen) atoms. The smallest absolute Gasteiger partial charge is 0.263 e. The van der Waals surface area contributed by atoms with Crippen molar-refractivity contribution >= 4 is 38.8 Å². The summed E-state index contributed by atoms with van der Waals surface area (Å²) in [6.07, 6.45) is 9.81. The molecule has 0 saturated heterocycles. The van der Waals surface area contributed by atoms with Crippen molar-refractivity contribution < 1.29 is 4.42 Å². The molecule has 0 spiro atoms. The van der Waals surface area contributed by atoms with Crippen LogP contribution >= 0.6 is 23.1 Å². The van der Waals surface area contributed by atoms with Gasteiger partial charge in [0, 0.05) is 23.0 Å². The van der Waals surface area contributed by atoms with Crippen molar-refractivity contribution in [2.45, 2.75) is 43.1 Å². The molecule has 0 radical (unpaired) electrons. The maximum Gasteiger partial charge on any atom is 0.263 e. The van der Waals surface area contributed by atoms with Crippen LogP contribution in [0.25, 0.3) is 15.7 Å². The number of aromatic nitrogens is 3. The van der Waals surface area contributed by atoms with Crippen LogP contribution in [-0.2, 0) is 25.1 Å². The Balaban J connectivity index is 1.45. The Morgan fingerprint density at radius 2 is 2.12 bits per heavy atom. The Kier molecular flexibility index (Phi) is 5.08. The molecule has 0 aromatic carbocycles. The number of furan rings is 1.